The molecule has 0 atom stereocenters. The van der Waals surface area contributed by atoms with Gasteiger partial charge in [-0.2, -0.15) is 0 Å². The number of nitrogens with zero attached hydrogens (tertiary/aromatic N) is 3. The number of aromatic nitrogens is 3. The molecular weight excluding hydrogens is 287 g/mol. The molecule has 4 nitrogen and oxygen atoms in total. The van der Waals surface area contributed by atoms with Crippen LogP contribution in [0.3, 0.4) is 0 Å². The van der Waals surface area contributed by atoms with Gasteiger partial charge in [-0.25, -0.2) is 13.9 Å². The Labute approximate surface area is 126 Å². The molecule has 0 spiro atoms. The first-order chi connectivity index (χ1) is 9.93. The van der Waals surface area contributed by atoms with Gasteiger partial charge in [0.15, 0.2) is 0 Å². The van der Waals surface area contributed by atoms with Gasteiger partial charge in [0, 0.05) is 17.5 Å². The molecule has 110 valence electrons. The Morgan fingerprint density at radius 3 is 2.71 bits per heavy atom. The fraction of sp³-hybridized carbons (Fsp3) is 0.333. The summed E-state index contributed by atoms with van der Waals surface area (Å²) in [6, 6.07) is 6.73. The lowest BCUT2D eigenvalue weighted by atomic mass is 9.93. The summed E-state index contributed by atoms with van der Waals surface area (Å²) < 4.78 is 15.3. The molecule has 2 heterocycles. The Kier molecular flexibility index (Phi) is 3.41. The van der Waals surface area contributed by atoms with Crippen LogP contribution in [0.5, 0.6) is 0 Å². The molecule has 1 aromatic carbocycles. The van der Waals surface area contributed by atoms with E-state index >= 15 is 0 Å². The maximum atomic E-state index is 13.5. The SMILES string of the molecule is CC(C)(C)c1cn2nc(NCc3ccccc3F)sc2n1. The van der Waals surface area contributed by atoms with Crippen molar-refractivity contribution in [3.05, 3.63) is 47.5 Å². The minimum atomic E-state index is -0.207. The van der Waals surface area contributed by atoms with Crippen molar-refractivity contribution < 1.29 is 4.39 Å². The molecule has 1 N–H and O–H groups in total. The molecule has 0 saturated heterocycles. The summed E-state index contributed by atoms with van der Waals surface area (Å²) in [6.07, 6.45) is 1.94. The molecule has 0 radical (unpaired) electrons. The second-order valence-corrected chi connectivity index (χ2v) is 6.91. The van der Waals surface area contributed by atoms with E-state index < -0.39 is 0 Å². The molecule has 3 rings (SSSR count). The molecule has 0 unspecified atom stereocenters. The summed E-state index contributed by atoms with van der Waals surface area (Å²) in [5.74, 6) is -0.207. The molecule has 0 aliphatic carbocycles. The molecule has 0 fully saturated rings. The standard InChI is InChI=1S/C15H17FN4S/c1-15(2,3)12-9-20-14(18-12)21-13(19-20)17-8-10-6-4-5-7-11(10)16/h4-7,9H,8H2,1-3H3,(H,17,19). The van der Waals surface area contributed by atoms with Crippen LogP contribution in [0.1, 0.15) is 32.0 Å². The van der Waals surface area contributed by atoms with Crippen molar-refractivity contribution in [1.29, 1.82) is 0 Å². The largest absolute Gasteiger partial charge is 0.356 e. The van der Waals surface area contributed by atoms with Crippen LogP contribution in [0.25, 0.3) is 4.96 Å². The summed E-state index contributed by atoms with van der Waals surface area (Å²) in [6.45, 7) is 6.78. The van der Waals surface area contributed by atoms with E-state index in [1.54, 1.807) is 16.6 Å². The average molecular weight is 304 g/mol. The van der Waals surface area contributed by atoms with Crippen LogP contribution >= 0.6 is 11.3 Å². The van der Waals surface area contributed by atoms with E-state index in [1.807, 2.05) is 12.3 Å². The molecular formula is C15H17FN4S. The summed E-state index contributed by atoms with van der Waals surface area (Å²) in [4.78, 5) is 5.43. The number of imidazole rings is 1. The predicted molar refractivity (Wildman–Crippen MR) is 83.3 cm³/mol. The van der Waals surface area contributed by atoms with E-state index in [0.717, 1.165) is 15.8 Å². The van der Waals surface area contributed by atoms with Crippen LogP contribution in [0.4, 0.5) is 9.52 Å². The normalized spacial score (nSPS) is 12.0. The first-order valence-corrected chi connectivity index (χ1v) is 7.59. The highest BCUT2D eigenvalue weighted by atomic mass is 32.1. The van der Waals surface area contributed by atoms with E-state index in [-0.39, 0.29) is 11.2 Å². The number of benzene rings is 1. The van der Waals surface area contributed by atoms with Crippen molar-refractivity contribution in [2.24, 2.45) is 0 Å². The summed E-state index contributed by atoms with van der Waals surface area (Å²) in [5.41, 5.74) is 1.65. The molecule has 0 bridgehead atoms. The number of fused-ring (bicyclic) bond motifs is 1. The number of rotatable bonds is 3. The quantitative estimate of drug-likeness (QED) is 0.799. The summed E-state index contributed by atoms with van der Waals surface area (Å²) >= 11 is 1.47. The Morgan fingerprint density at radius 2 is 2.05 bits per heavy atom. The number of halogens is 1. The highest BCUT2D eigenvalue weighted by molar-refractivity contribution is 7.20. The molecule has 0 aliphatic heterocycles. The summed E-state index contributed by atoms with van der Waals surface area (Å²) in [5, 5.41) is 8.31. The van der Waals surface area contributed by atoms with Gasteiger partial charge in [-0.05, 0) is 6.07 Å². The molecule has 0 amide bonds. The third kappa shape index (κ3) is 2.90. The van der Waals surface area contributed by atoms with Crippen molar-refractivity contribution in [2.45, 2.75) is 32.7 Å². The average Bonchev–Trinajstić information content (AvgIpc) is 2.95. The minimum Gasteiger partial charge on any atom is -0.356 e. The Hall–Kier alpha value is -1.95. The maximum Gasteiger partial charge on any atom is 0.214 e. The van der Waals surface area contributed by atoms with Crippen molar-refractivity contribution in [2.75, 3.05) is 5.32 Å². The smallest absolute Gasteiger partial charge is 0.214 e. The first kappa shape index (κ1) is 14.0. The van der Waals surface area contributed by atoms with Gasteiger partial charge in [0.2, 0.25) is 10.1 Å². The van der Waals surface area contributed by atoms with Crippen LogP contribution in [0.15, 0.2) is 30.5 Å². The molecule has 3 aromatic rings. The third-order valence-electron chi connectivity index (χ3n) is 3.20. The van der Waals surface area contributed by atoms with E-state index in [0.29, 0.717) is 12.1 Å². The highest BCUT2D eigenvalue weighted by Crippen LogP contribution is 2.25. The monoisotopic (exact) mass is 304 g/mol. The fourth-order valence-electron chi connectivity index (χ4n) is 1.95. The van der Waals surface area contributed by atoms with Crippen LogP contribution in [-0.4, -0.2) is 14.6 Å². The van der Waals surface area contributed by atoms with Crippen LogP contribution < -0.4 is 5.32 Å². The number of hydrogen-bond donors (Lipinski definition) is 1. The van der Waals surface area contributed by atoms with E-state index in [4.69, 9.17) is 0 Å². The van der Waals surface area contributed by atoms with Crippen LogP contribution in [0, 0.1) is 5.82 Å². The van der Waals surface area contributed by atoms with Crippen molar-refractivity contribution in [3.8, 4) is 0 Å². The van der Waals surface area contributed by atoms with Crippen molar-refractivity contribution >= 4 is 21.4 Å². The van der Waals surface area contributed by atoms with Crippen LogP contribution in [0.2, 0.25) is 0 Å². The zero-order valence-electron chi connectivity index (χ0n) is 12.2. The molecule has 0 saturated carbocycles. The lowest BCUT2D eigenvalue weighted by molar-refractivity contribution is 0.572. The predicted octanol–water partition coefficient (Wildman–Crippen LogP) is 3.84. The molecule has 0 aliphatic rings. The minimum absolute atomic E-state index is 0.00811. The number of hydrogen-bond acceptors (Lipinski definition) is 4. The van der Waals surface area contributed by atoms with Crippen molar-refractivity contribution in [3.63, 3.8) is 0 Å². The van der Waals surface area contributed by atoms with E-state index in [2.05, 4.69) is 36.2 Å². The Balaban J connectivity index is 1.77. The van der Waals surface area contributed by atoms with Gasteiger partial charge in [0.05, 0.1) is 11.9 Å². The second kappa shape index (κ2) is 5.11. The van der Waals surface area contributed by atoms with Gasteiger partial charge in [0.1, 0.15) is 5.82 Å². The third-order valence-corrected chi connectivity index (χ3v) is 4.08. The van der Waals surface area contributed by atoms with Gasteiger partial charge in [0.25, 0.3) is 0 Å². The maximum absolute atomic E-state index is 13.5. The Bertz CT molecular complexity index is 738. The molecule has 2 aromatic heterocycles. The lowest BCUT2D eigenvalue weighted by Crippen LogP contribution is -2.11. The van der Waals surface area contributed by atoms with Gasteiger partial charge >= 0.3 is 0 Å². The van der Waals surface area contributed by atoms with Gasteiger partial charge < -0.3 is 5.32 Å². The van der Waals surface area contributed by atoms with E-state index in [9.17, 15) is 4.39 Å². The first-order valence-electron chi connectivity index (χ1n) is 6.77. The number of anilines is 1. The van der Waals surface area contributed by atoms with Crippen LogP contribution in [-0.2, 0) is 12.0 Å². The van der Waals surface area contributed by atoms with Gasteiger partial charge in [-0.3, -0.25) is 0 Å². The lowest BCUT2D eigenvalue weighted by Gasteiger charge is -2.13. The Morgan fingerprint density at radius 1 is 1.29 bits per heavy atom. The fourth-order valence-corrected chi connectivity index (χ4v) is 2.72. The topological polar surface area (TPSA) is 42.2 Å². The van der Waals surface area contributed by atoms with Gasteiger partial charge in [-0.1, -0.05) is 50.3 Å². The number of nitrogens with one attached hydrogen (secondary N) is 1. The highest BCUT2D eigenvalue weighted by Gasteiger charge is 2.19. The van der Waals surface area contributed by atoms with E-state index in [1.165, 1.54) is 17.4 Å². The molecule has 6 heteroatoms. The zero-order valence-corrected chi connectivity index (χ0v) is 13.0. The summed E-state index contributed by atoms with van der Waals surface area (Å²) in [7, 11) is 0. The van der Waals surface area contributed by atoms with Gasteiger partial charge in [-0.15, -0.1) is 5.10 Å². The van der Waals surface area contributed by atoms with Crippen molar-refractivity contribution in [1.82, 2.24) is 14.6 Å². The molecule has 21 heavy (non-hydrogen) atoms. The second-order valence-electron chi connectivity index (χ2n) is 5.96. The zero-order chi connectivity index (χ0) is 15.0.